The number of piperidine rings is 1. The summed E-state index contributed by atoms with van der Waals surface area (Å²) in [5.74, 6) is 0.504. The summed E-state index contributed by atoms with van der Waals surface area (Å²) in [6, 6.07) is 15.2. The van der Waals surface area contributed by atoms with E-state index in [9.17, 15) is 9.59 Å². The van der Waals surface area contributed by atoms with Crippen LogP contribution in [0.2, 0.25) is 0 Å². The molecule has 0 aromatic heterocycles. The van der Waals surface area contributed by atoms with E-state index in [1.54, 1.807) is 0 Å². The SMILES string of the molecule is Cc1ccc([C@@]2(c3ccccc3)NC(=O)N(CN3CCC(C)CC3)C2=O)cc1C. The quantitative estimate of drug-likeness (QED) is 0.807. The molecule has 5 heteroatoms. The fraction of sp³-hybridized carbons (Fsp3) is 0.417. The Hall–Kier alpha value is -2.66. The van der Waals surface area contributed by atoms with Crippen molar-refractivity contribution in [3.8, 4) is 0 Å². The number of nitrogens with one attached hydrogen (secondary N) is 1. The van der Waals surface area contributed by atoms with E-state index in [1.807, 2.05) is 62.4 Å². The highest BCUT2D eigenvalue weighted by atomic mass is 16.2. The molecule has 2 aliphatic rings. The first-order valence-corrected chi connectivity index (χ1v) is 10.4. The maximum Gasteiger partial charge on any atom is 0.326 e. The topological polar surface area (TPSA) is 52.7 Å². The van der Waals surface area contributed by atoms with Gasteiger partial charge in [-0.25, -0.2) is 9.69 Å². The number of carbonyl (C=O) groups is 2. The van der Waals surface area contributed by atoms with Gasteiger partial charge in [0.1, 0.15) is 0 Å². The molecule has 2 saturated heterocycles. The van der Waals surface area contributed by atoms with Gasteiger partial charge in [0.2, 0.25) is 0 Å². The average molecular weight is 392 g/mol. The molecule has 0 saturated carbocycles. The van der Waals surface area contributed by atoms with Crippen molar-refractivity contribution in [2.75, 3.05) is 19.8 Å². The maximum atomic E-state index is 13.8. The van der Waals surface area contributed by atoms with Crippen LogP contribution < -0.4 is 5.32 Å². The fourth-order valence-electron chi connectivity index (χ4n) is 4.33. The van der Waals surface area contributed by atoms with Crippen LogP contribution in [0, 0.1) is 19.8 Å². The molecule has 2 aromatic rings. The predicted molar refractivity (Wildman–Crippen MR) is 113 cm³/mol. The van der Waals surface area contributed by atoms with Crippen LogP contribution in [0.4, 0.5) is 4.79 Å². The lowest BCUT2D eigenvalue weighted by Crippen LogP contribution is -2.47. The number of nitrogens with zero attached hydrogens (tertiary/aromatic N) is 2. The number of aryl methyl sites for hydroxylation is 2. The van der Waals surface area contributed by atoms with Crippen LogP contribution in [0.5, 0.6) is 0 Å². The minimum Gasteiger partial charge on any atom is -0.315 e. The second kappa shape index (κ2) is 7.64. The number of likely N-dealkylation sites (tertiary alicyclic amines) is 1. The van der Waals surface area contributed by atoms with Gasteiger partial charge < -0.3 is 5.32 Å². The lowest BCUT2D eigenvalue weighted by atomic mass is 9.81. The highest BCUT2D eigenvalue weighted by molar-refractivity contribution is 6.09. The Balaban J connectivity index is 1.73. The van der Waals surface area contributed by atoms with E-state index in [1.165, 1.54) is 4.90 Å². The predicted octanol–water partition coefficient (Wildman–Crippen LogP) is 3.79. The molecule has 5 nitrogen and oxygen atoms in total. The van der Waals surface area contributed by atoms with Gasteiger partial charge in [-0.15, -0.1) is 0 Å². The zero-order chi connectivity index (χ0) is 20.6. The average Bonchev–Trinajstić information content (AvgIpc) is 2.98. The highest BCUT2D eigenvalue weighted by Crippen LogP contribution is 2.37. The molecule has 0 radical (unpaired) electrons. The first kappa shape index (κ1) is 19.6. The van der Waals surface area contributed by atoms with E-state index in [0.717, 1.165) is 48.2 Å². The molecule has 0 bridgehead atoms. The van der Waals surface area contributed by atoms with Crippen molar-refractivity contribution in [2.24, 2.45) is 5.92 Å². The first-order valence-electron chi connectivity index (χ1n) is 10.4. The number of amides is 3. The molecule has 0 aliphatic carbocycles. The first-order chi connectivity index (χ1) is 13.9. The fourth-order valence-corrected chi connectivity index (χ4v) is 4.33. The van der Waals surface area contributed by atoms with E-state index in [2.05, 4.69) is 17.1 Å². The van der Waals surface area contributed by atoms with Crippen LogP contribution in [0.3, 0.4) is 0 Å². The number of hydrogen-bond donors (Lipinski definition) is 1. The molecule has 0 spiro atoms. The second-order valence-electron chi connectivity index (χ2n) is 8.52. The molecular weight excluding hydrogens is 362 g/mol. The number of urea groups is 1. The Kier molecular flexibility index (Phi) is 5.17. The van der Waals surface area contributed by atoms with Crippen molar-refractivity contribution >= 4 is 11.9 Å². The zero-order valence-corrected chi connectivity index (χ0v) is 17.4. The molecule has 3 amide bonds. The van der Waals surface area contributed by atoms with Gasteiger partial charge in [-0.1, -0.05) is 55.5 Å². The van der Waals surface area contributed by atoms with Gasteiger partial charge in [-0.3, -0.25) is 9.69 Å². The van der Waals surface area contributed by atoms with Crippen molar-refractivity contribution in [3.63, 3.8) is 0 Å². The Morgan fingerprint density at radius 3 is 2.31 bits per heavy atom. The largest absolute Gasteiger partial charge is 0.326 e. The molecule has 4 rings (SSSR count). The van der Waals surface area contributed by atoms with E-state index >= 15 is 0 Å². The van der Waals surface area contributed by atoms with Crippen molar-refractivity contribution in [1.29, 1.82) is 0 Å². The summed E-state index contributed by atoms with van der Waals surface area (Å²) in [5.41, 5.74) is 2.67. The van der Waals surface area contributed by atoms with Crippen molar-refractivity contribution < 1.29 is 9.59 Å². The van der Waals surface area contributed by atoms with Gasteiger partial charge in [0, 0.05) is 13.1 Å². The molecule has 152 valence electrons. The molecular formula is C24H29N3O2. The summed E-state index contributed by atoms with van der Waals surface area (Å²) >= 11 is 0. The van der Waals surface area contributed by atoms with Crippen LogP contribution >= 0.6 is 0 Å². The summed E-state index contributed by atoms with van der Waals surface area (Å²) in [6.07, 6.45) is 2.20. The summed E-state index contributed by atoms with van der Waals surface area (Å²) in [7, 11) is 0. The summed E-state index contributed by atoms with van der Waals surface area (Å²) < 4.78 is 0. The van der Waals surface area contributed by atoms with E-state index in [4.69, 9.17) is 0 Å². The minimum atomic E-state index is -1.18. The normalized spacial score (nSPS) is 23.5. The Labute approximate surface area is 172 Å². The molecule has 2 aromatic carbocycles. The molecule has 2 aliphatic heterocycles. The smallest absolute Gasteiger partial charge is 0.315 e. The lowest BCUT2D eigenvalue weighted by Gasteiger charge is -2.33. The van der Waals surface area contributed by atoms with Crippen LogP contribution in [-0.4, -0.2) is 41.5 Å². The van der Waals surface area contributed by atoms with Gasteiger partial charge in [0.15, 0.2) is 5.54 Å². The summed E-state index contributed by atoms with van der Waals surface area (Å²) in [6.45, 7) is 8.51. The van der Waals surface area contributed by atoms with Gasteiger partial charge in [0.25, 0.3) is 5.91 Å². The van der Waals surface area contributed by atoms with Gasteiger partial charge in [0.05, 0.1) is 6.67 Å². The molecule has 29 heavy (non-hydrogen) atoms. The third kappa shape index (κ3) is 3.44. The maximum absolute atomic E-state index is 13.8. The molecule has 2 fully saturated rings. The van der Waals surface area contributed by atoms with Crippen LogP contribution in [0.25, 0.3) is 0 Å². The number of imide groups is 1. The van der Waals surface area contributed by atoms with E-state index in [0.29, 0.717) is 12.6 Å². The van der Waals surface area contributed by atoms with Crippen molar-refractivity contribution in [3.05, 3.63) is 70.8 Å². The Morgan fingerprint density at radius 1 is 0.966 bits per heavy atom. The molecule has 2 heterocycles. The number of hydrogen-bond acceptors (Lipinski definition) is 3. The Bertz CT molecular complexity index is 919. The van der Waals surface area contributed by atoms with E-state index < -0.39 is 5.54 Å². The standard InChI is InChI=1S/C24H29N3O2/c1-17-11-13-26(14-12-17)16-27-22(28)24(25-23(27)29,20-7-5-4-6-8-20)21-10-9-18(2)19(3)15-21/h4-10,15,17H,11-14,16H2,1-3H3,(H,25,29)/t24-/m1/s1. The third-order valence-electron chi connectivity index (χ3n) is 6.47. The van der Waals surface area contributed by atoms with E-state index in [-0.39, 0.29) is 11.9 Å². The van der Waals surface area contributed by atoms with Crippen molar-refractivity contribution in [1.82, 2.24) is 15.1 Å². The number of carbonyl (C=O) groups excluding carboxylic acids is 2. The monoisotopic (exact) mass is 391 g/mol. The lowest BCUT2D eigenvalue weighted by molar-refractivity contribution is -0.132. The third-order valence-corrected chi connectivity index (χ3v) is 6.47. The molecule has 0 unspecified atom stereocenters. The van der Waals surface area contributed by atoms with Crippen LogP contribution in [-0.2, 0) is 10.3 Å². The number of rotatable bonds is 4. The minimum absolute atomic E-state index is 0.199. The Morgan fingerprint density at radius 2 is 1.66 bits per heavy atom. The van der Waals surface area contributed by atoms with Crippen LogP contribution in [0.1, 0.15) is 42.0 Å². The number of benzene rings is 2. The molecule has 1 atom stereocenters. The summed E-state index contributed by atoms with van der Waals surface area (Å²) in [5, 5.41) is 3.06. The van der Waals surface area contributed by atoms with Crippen molar-refractivity contribution in [2.45, 2.75) is 39.2 Å². The van der Waals surface area contributed by atoms with Gasteiger partial charge >= 0.3 is 6.03 Å². The highest BCUT2D eigenvalue weighted by Gasteiger charge is 2.54. The van der Waals surface area contributed by atoms with Gasteiger partial charge in [-0.05, 0) is 54.9 Å². The van der Waals surface area contributed by atoms with Crippen LogP contribution in [0.15, 0.2) is 48.5 Å². The van der Waals surface area contributed by atoms with Gasteiger partial charge in [-0.2, -0.15) is 0 Å². The molecule has 1 N–H and O–H groups in total. The second-order valence-corrected chi connectivity index (χ2v) is 8.52. The summed E-state index contributed by atoms with van der Waals surface area (Å²) in [4.78, 5) is 30.4. The zero-order valence-electron chi connectivity index (χ0n) is 17.4.